The Hall–Kier alpha value is -0.910. The number of hydrogen-bond donors (Lipinski definition) is 4. The van der Waals surface area contributed by atoms with Crippen LogP contribution in [0.4, 0.5) is 0 Å². The highest BCUT2D eigenvalue weighted by Crippen LogP contribution is 2.75. The number of allylic oxidation sites excluding steroid dienone is 1. The van der Waals surface area contributed by atoms with Gasteiger partial charge in [-0.25, -0.2) is 0 Å². The molecule has 0 amide bonds. The highest BCUT2D eigenvalue weighted by Gasteiger charge is 2.70. The summed E-state index contributed by atoms with van der Waals surface area (Å²) in [6.45, 7) is 13.4. The fourth-order valence-electron chi connectivity index (χ4n) is 10.6. The predicted molar refractivity (Wildman–Crippen MR) is 131 cm³/mol. The standard InChI is InChI=1S/C29H46O5/c1-16-9-12-29(24(33)34)14-13-27(5)17(21(29)22(16)31)7-8-20-26(4)15-18(30)23(32)25(2,3)19(26)10-11-28(20,27)6/h7,16,18-23,30-32H,8-15H2,1-6H3,(H,33,34)/t16-,18-,19+,20-,21-,22-,23-,26+,27-,28-,29+/m1/s1. The molecule has 4 N–H and O–H groups in total. The lowest BCUT2D eigenvalue weighted by molar-refractivity contribution is -0.233. The van der Waals surface area contributed by atoms with Crippen molar-refractivity contribution >= 4 is 5.97 Å². The molecule has 34 heavy (non-hydrogen) atoms. The molecule has 5 heteroatoms. The van der Waals surface area contributed by atoms with E-state index in [1.807, 2.05) is 0 Å². The average molecular weight is 475 g/mol. The van der Waals surface area contributed by atoms with Gasteiger partial charge in [-0.3, -0.25) is 4.79 Å². The number of aliphatic hydroxyl groups excluding tert-OH is 3. The molecular weight excluding hydrogens is 428 g/mol. The monoisotopic (exact) mass is 474 g/mol. The van der Waals surface area contributed by atoms with Crippen molar-refractivity contribution in [1.82, 2.24) is 0 Å². The van der Waals surface area contributed by atoms with E-state index in [9.17, 15) is 25.2 Å². The van der Waals surface area contributed by atoms with Gasteiger partial charge in [0.25, 0.3) is 0 Å². The second kappa shape index (κ2) is 7.32. The second-order valence-corrected chi connectivity index (χ2v) is 14.3. The maximum Gasteiger partial charge on any atom is 0.310 e. The van der Waals surface area contributed by atoms with Crippen LogP contribution in [0.1, 0.15) is 92.9 Å². The van der Waals surface area contributed by atoms with Crippen molar-refractivity contribution < 1.29 is 25.2 Å². The minimum Gasteiger partial charge on any atom is -0.481 e. The van der Waals surface area contributed by atoms with Crippen LogP contribution < -0.4 is 0 Å². The molecule has 0 aromatic rings. The molecule has 4 fully saturated rings. The third kappa shape index (κ3) is 2.75. The number of hydrogen-bond acceptors (Lipinski definition) is 4. The zero-order valence-corrected chi connectivity index (χ0v) is 22.0. The highest BCUT2D eigenvalue weighted by molar-refractivity contribution is 5.77. The predicted octanol–water partition coefficient (Wildman–Crippen LogP) is 4.79. The molecule has 0 aromatic heterocycles. The molecule has 0 saturated heterocycles. The van der Waals surface area contributed by atoms with Crippen molar-refractivity contribution in [3.63, 3.8) is 0 Å². The maximum atomic E-state index is 12.7. The molecule has 5 aliphatic rings. The lowest BCUT2D eigenvalue weighted by Crippen LogP contribution is -2.67. The van der Waals surface area contributed by atoms with Crippen molar-refractivity contribution in [2.24, 2.45) is 50.7 Å². The Morgan fingerprint density at radius 2 is 1.62 bits per heavy atom. The first-order valence-corrected chi connectivity index (χ1v) is 13.6. The Morgan fingerprint density at radius 1 is 0.941 bits per heavy atom. The van der Waals surface area contributed by atoms with E-state index in [4.69, 9.17) is 0 Å². The van der Waals surface area contributed by atoms with Crippen molar-refractivity contribution in [3.05, 3.63) is 11.6 Å². The summed E-state index contributed by atoms with van der Waals surface area (Å²) in [5, 5.41) is 43.7. The van der Waals surface area contributed by atoms with E-state index in [1.165, 1.54) is 5.57 Å². The largest absolute Gasteiger partial charge is 0.481 e. The second-order valence-electron chi connectivity index (χ2n) is 14.3. The molecular formula is C29H46O5. The third-order valence-corrected chi connectivity index (χ3v) is 12.9. The molecule has 5 nitrogen and oxygen atoms in total. The fraction of sp³-hybridized carbons (Fsp3) is 0.897. The van der Waals surface area contributed by atoms with Gasteiger partial charge in [-0.05, 0) is 90.8 Å². The summed E-state index contributed by atoms with van der Waals surface area (Å²) in [4.78, 5) is 12.7. The van der Waals surface area contributed by atoms with E-state index in [0.717, 1.165) is 32.1 Å². The zero-order chi connectivity index (χ0) is 25.1. The number of carboxylic acids is 1. The molecule has 0 radical (unpaired) electrons. The van der Waals surface area contributed by atoms with E-state index in [2.05, 4.69) is 47.6 Å². The smallest absolute Gasteiger partial charge is 0.310 e. The van der Waals surface area contributed by atoms with Gasteiger partial charge in [0.15, 0.2) is 0 Å². The Kier molecular flexibility index (Phi) is 5.33. The molecule has 0 spiro atoms. The highest BCUT2D eigenvalue weighted by atomic mass is 16.4. The Balaban J connectivity index is 1.62. The van der Waals surface area contributed by atoms with Crippen LogP contribution in [0.3, 0.4) is 0 Å². The fourth-order valence-corrected chi connectivity index (χ4v) is 10.6. The van der Waals surface area contributed by atoms with Crippen LogP contribution in [0.15, 0.2) is 11.6 Å². The van der Waals surface area contributed by atoms with E-state index < -0.39 is 29.7 Å². The number of aliphatic carboxylic acids is 1. The van der Waals surface area contributed by atoms with Gasteiger partial charge in [0.1, 0.15) is 0 Å². The quantitative estimate of drug-likeness (QED) is 0.410. The van der Waals surface area contributed by atoms with Crippen LogP contribution in [0.2, 0.25) is 0 Å². The summed E-state index contributed by atoms with van der Waals surface area (Å²) in [6, 6.07) is 0. The summed E-state index contributed by atoms with van der Waals surface area (Å²) in [5.74, 6) is -0.261. The molecule has 0 aliphatic heterocycles. The first-order valence-electron chi connectivity index (χ1n) is 13.6. The average Bonchev–Trinajstić information content (AvgIpc) is 2.75. The van der Waals surface area contributed by atoms with Gasteiger partial charge in [-0.2, -0.15) is 0 Å². The van der Waals surface area contributed by atoms with Crippen molar-refractivity contribution in [2.75, 3.05) is 0 Å². The van der Waals surface area contributed by atoms with Crippen molar-refractivity contribution in [3.8, 4) is 0 Å². The third-order valence-electron chi connectivity index (χ3n) is 12.9. The van der Waals surface area contributed by atoms with E-state index in [-0.39, 0.29) is 33.5 Å². The first kappa shape index (κ1) is 24.8. The summed E-state index contributed by atoms with van der Waals surface area (Å²) in [7, 11) is 0. The van der Waals surface area contributed by atoms with Gasteiger partial charge in [0, 0.05) is 5.92 Å². The zero-order valence-electron chi connectivity index (χ0n) is 22.0. The summed E-state index contributed by atoms with van der Waals surface area (Å²) < 4.78 is 0. The van der Waals surface area contributed by atoms with E-state index >= 15 is 0 Å². The molecule has 0 unspecified atom stereocenters. The van der Waals surface area contributed by atoms with Crippen LogP contribution in [0.25, 0.3) is 0 Å². The van der Waals surface area contributed by atoms with Crippen LogP contribution in [-0.4, -0.2) is 44.7 Å². The molecule has 0 bridgehead atoms. The van der Waals surface area contributed by atoms with Crippen LogP contribution in [0.5, 0.6) is 0 Å². The number of carbonyl (C=O) groups is 1. The van der Waals surface area contributed by atoms with Crippen LogP contribution in [-0.2, 0) is 4.79 Å². The Bertz CT molecular complexity index is 910. The van der Waals surface area contributed by atoms with Crippen LogP contribution in [0, 0.1) is 50.7 Å². The molecule has 0 aromatic carbocycles. The maximum absolute atomic E-state index is 12.7. The first-order chi connectivity index (χ1) is 15.7. The van der Waals surface area contributed by atoms with Crippen molar-refractivity contribution in [1.29, 1.82) is 0 Å². The number of fused-ring (bicyclic) bond motifs is 7. The van der Waals surface area contributed by atoms with Gasteiger partial charge in [0.05, 0.1) is 23.7 Å². The molecule has 5 rings (SSSR count). The minimum atomic E-state index is -0.852. The summed E-state index contributed by atoms with van der Waals surface area (Å²) in [5.41, 5.74) is -0.299. The van der Waals surface area contributed by atoms with Gasteiger partial charge in [-0.1, -0.05) is 53.2 Å². The summed E-state index contributed by atoms with van der Waals surface area (Å²) >= 11 is 0. The van der Waals surface area contributed by atoms with Crippen molar-refractivity contribution in [2.45, 2.75) is 111 Å². The normalized spacial score (nSPS) is 56.3. The topological polar surface area (TPSA) is 98.0 Å². The molecule has 4 saturated carbocycles. The number of carboxylic acid groups (broad SMARTS) is 1. The molecule has 0 heterocycles. The molecule has 5 aliphatic carbocycles. The lowest BCUT2D eigenvalue weighted by atomic mass is 9.33. The SMILES string of the molecule is C[C@@H]1CC[C@]2(C(=O)O)CC[C@]3(C)C(=CC[C@@H]4[C@@]5(C)C[C@@H](O)[C@@H](O)C(C)(C)[C@@H]5CC[C@]43C)[C@@H]2[C@@H]1O. The number of rotatable bonds is 1. The van der Waals surface area contributed by atoms with Gasteiger partial charge >= 0.3 is 5.97 Å². The molecule has 192 valence electrons. The summed E-state index contributed by atoms with van der Waals surface area (Å²) in [6.07, 6.45) is 6.69. The lowest BCUT2D eigenvalue weighted by Gasteiger charge is -2.71. The Morgan fingerprint density at radius 3 is 2.26 bits per heavy atom. The van der Waals surface area contributed by atoms with E-state index in [1.54, 1.807) is 0 Å². The van der Waals surface area contributed by atoms with E-state index in [0.29, 0.717) is 31.1 Å². The van der Waals surface area contributed by atoms with Gasteiger partial charge in [0.2, 0.25) is 0 Å². The minimum absolute atomic E-state index is 0.0362. The van der Waals surface area contributed by atoms with Gasteiger partial charge < -0.3 is 20.4 Å². The molecule has 11 atom stereocenters. The van der Waals surface area contributed by atoms with Crippen LogP contribution >= 0.6 is 0 Å². The number of aliphatic hydroxyl groups is 3. The Labute approximate surface area is 205 Å². The van der Waals surface area contributed by atoms with Gasteiger partial charge in [-0.15, -0.1) is 0 Å².